The van der Waals surface area contributed by atoms with Crippen LogP contribution in [0.2, 0.25) is 0 Å². The first-order valence-electron chi connectivity index (χ1n) is 10.2. The van der Waals surface area contributed by atoms with Gasteiger partial charge in [-0.1, -0.05) is 24.6 Å². The average Bonchev–Trinajstić information content (AvgIpc) is 3.17. The van der Waals surface area contributed by atoms with E-state index in [1.54, 1.807) is 30.4 Å². The summed E-state index contributed by atoms with van der Waals surface area (Å²) in [5.41, 5.74) is 1.99. The van der Waals surface area contributed by atoms with Gasteiger partial charge in [0.2, 0.25) is 10.0 Å². The number of carbonyl (C=O) groups excluding carboxylic acids is 1. The van der Waals surface area contributed by atoms with Crippen molar-refractivity contribution >= 4 is 37.5 Å². The lowest BCUT2D eigenvalue weighted by molar-refractivity contribution is 0.0954. The van der Waals surface area contributed by atoms with Crippen molar-refractivity contribution in [3.05, 3.63) is 58.6 Å². The number of nitrogens with one attached hydrogen (secondary N) is 1. The molecule has 30 heavy (non-hydrogen) atoms. The second kappa shape index (κ2) is 8.83. The highest BCUT2D eigenvalue weighted by Crippen LogP contribution is 2.25. The fraction of sp³-hybridized carbons (Fsp3) is 0.364. The van der Waals surface area contributed by atoms with Gasteiger partial charge >= 0.3 is 0 Å². The van der Waals surface area contributed by atoms with Gasteiger partial charge in [0.25, 0.3) is 5.91 Å². The fourth-order valence-corrected chi connectivity index (χ4v) is 6.41. The van der Waals surface area contributed by atoms with Crippen LogP contribution in [0.25, 0.3) is 10.2 Å². The van der Waals surface area contributed by atoms with Gasteiger partial charge in [-0.3, -0.25) is 4.79 Å². The Bertz CT molecular complexity index is 1130. The number of para-hydroxylation sites is 1. The van der Waals surface area contributed by atoms with Crippen LogP contribution in [-0.4, -0.2) is 43.2 Å². The maximum absolute atomic E-state index is 13.1. The molecule has 0 aliphatic carbocycles. The molecule has 6 nitrogen and oxygen atoms in total. The quantitative estimate of drug-likeness (QED) is 0.629. The third kappa shape index (κ3) is 4.40. The molecule has 1 amide bonds. The molecule has 4 rings (SSSR count). The number of rotatable bonds is 6. The molecular weight excluding hydrogens is 418 g/mol. The normalized spacial score (nSPS) is 15.4. The lowest BCUT2D eigenvalue weighted by atomic mass is 10.1. The predicted molar refractivity (Wildman–Crippen MR) is 119 cm³/mol. The zero-order valence-electron chi connectivity index (χ0n) is 16.9. The van der Waals surface area contributed by atoms with Gasteiger partial charge in [-0.25, -0.2) is 13.4 Å². The third-order valence-corrected chi connectivity index (χ3v) is 8.48. The van der Waals surface area contributed by atoms with Gasteiger partial charge in [0.05, 0.1) is 20.1 Å². The van der Waals surface area contributed by atoms with E-state index in [0.29, 0.717) is 37.2 Å². The SMILES string of the molecule is Cc1ccc(C(=O)NCCc2nc3ccccc3s2)cc1S(=O)(=O)N1CCCCC1. The van der Waals surface area contributed by atoms with E-state index >= 15 is 0 Å². The van der Waals surface area contributed by atoms with E-state index in [1.807, 2.05) is 24.3 Å². The Labute approximate surface area is 181 Å². The third-order valence-electron chi connectivity index (χ3n) is 5.35. The van der Waals surface area contributed by atoms with Gasteiger partial charge in [0.1, 0.15) is 0 Å². The summed E-state index contributed by atoms with van der Waals surface area (Å²) >= 11 is 1.62. The van der Waals surface area contributed by atoms with Crippen molar-refractivity contribution in [2.75, 3.05) is 19.6 Å². The molecule has 0 saturated carbocycles. The number of benzene rings is 2. The lowest BCUT2D eigenvalue weighted by Crippen LogP contribution is -2.36. The van der Waals surface area contributed by atoms with Crippen LogP contribution in [0.4, 0.5) is 0 Å². The van der Waals surface area contributed by atoms with Crippen molar-refractivity contribution in [3.63, 3.8) is 0 Å². The number of aromatic nitrogens is 1. The first-order valence-corrected chi connectivity index (χ1v) is 12.4. The monoisotopic (exact) mass is 443 g/mol. The molecule has 1 aromatic heterocycles. The topological polar surface area (TPSA) is 79.4 Å². The van der Waals surface area contributed by atoms with E-state index in [1.165, 1.54) is 10.4 Å². The van der Waals surface area contributed by atoms with Crippen LogP contribution >= 0.6 is 11.3 Å². The minimum Gasteiger partial charge on any atom is -0.352 e. The van der Waals surface area contributed by atoms with Crippen molar-refractivity contribution in [1.82, 2.24) is 14.6 Å². The second-order valence-electron chi connectivity index (χ2n) is 7.53. The number of hydrogen-bond acceptors (Lipinski definition) is 5. The van der Waals surface area contributed by atoms with Crippen LogP contribution in [-0.2, 0) is 16.4 Å². The number of hydrogen-bond donors (Lipinski definition) is 1. The Morgan fingerprint density at radius 3 is 2.67 bits per heavy atom. The molecule has 2 heterocycles. The largest absolute Gasteiger partial charge is 0.352 e. The van der Waals surface area contributed by atoms with Crippen molar-refractivity contribution in [1.29, 1.82) is 0 Å². The van der Waals surface area contributed by atoms with Gasteiger partial charge in [-0.15, -0.1) is 11.3 Å². The van der Waals surface area contributed by atoms with Crippen molar-refractivity contribution in [2.45, 2.75) is 37.5 Å². The summed E-state index contributed by atoms with van der Waals surface area (Å²) in [6.45, 7) is 3.30. The number of piperidine rings is 1. The molecule has 0 bridgehead atoms. The van der Waals surface area contributed by atoms with Gasteiger partial charge in [0.15, 0.2) is 0 Å². The van der Waals surface area contributed by atoms with Crippen LogP contribution in [0.3, 0.4) is 0 Å². The van der Waals surface area contributed by atoms with Crippen molar-refractivity contribution < 1.29 is 13.2 Å². The summed E-state index contributed by atoms with van der Waals surface area (Å²) in [5.74, 6) is -0.272. The number of thiazole rings is 1. The minimum atomic E-state index is -3.58. The first-order chi connectivity index (χ1) is 14.4. The van der Waals surface area contributed by atoms with Crippen molar-refractivity contribution in [2.24, 2.45) is 0 Å². The number of sulfonamides is 1. The van der Waals surface area contributed by atoms with E-state index in [4.69, 9.17) is 0 Å². The van der Waals surface area contributed by atoms with Crippen LogP contribution in [0.15, 0.2) is 47.4 Å². The molecule has 0 unspecified atom stereocenters. The van der Waals surface area contributed by atoms with Gasteiger partial charge < -0.3 is 5.32 Å². The highest BCUT2D eigenvalue weighted by molar-refractivity contribution is 7.89. The highest BCUT2D eigenvalue weighted by atomic mass is 32.2. The lowest BCUT2D eigenvalue weighted by Gasteiger charge is -2.26. The van der Waals surface area contributed by atoms with Gasteiger partial charge in [-0.05, 0) is 49.6 Å². The number of fused-ring (bicyclic) bond motifs is 1. The number of carbonyl (C=O) groups is 1. The molecule has 2 aromatic carbocycles. The van der Waals surface area contributed by atoms with Crippen molar-refractivity contribution in [3.8, 4) is 0 Å². The molecular formula is C22H25N3O3S2. The zero-order valence-corrected chi connectivity index (χ0v) is 18.6. The maximum Gasteiger partial charge on any atom is 0.251 e. The Morgan fingerprint density at radius 2 is 1.90 bits per heavy atom. The molecule has 1 N–H and O–H groups in total. The van der Waals surface area contributed by atoms with E-state index in [9.17, 15) is 13.2 Å². The predicted octanol–water partition coefficient (Wildman–Crippen LogP) is 3.75. The molecule has 1 aliphatic heterocycles. The summed E-state index contributed by atoms with van der Waals surface area (Å²) in [4.78, 5) is 17.4. The standard InChI is InChI=1S/C22H25N3O3S2/c1-16-9-10-17(15-20(16)30(27,28)25-13-5-2-6-14-25)22(26)23-12-11-21-24-18-7-3-4-8-19(18)29-21/h3-4,7-10,15H,2,5-6,11-14H2,1H3,(H,23,26). The molecule has 8 heteroatoms. The molecule has 3 aromatic rings. The number of amides is 1. The summed E-state index contributed by atoms with van der Waals surface area (Å²) in [6, 6.07) is 12.8. The average molecular weight is 444 g/mol. The summed E-state index contributed by atoms with van der Waals surface area (Å²) in [5, 5.41) is 3.86. The molecule has 1 fully saturated rings. The Hall–Kier alpha value is -2.29. The first kappa shape index (κ1) is 21.0. The molecule has 0 radical (unpaired) electrons. The number of nitrogens with zero attached hydrogens (tertiary/aromatic N) is 2. The van der Waals surface area contributed by atoms with Crippen LogP contribution < -0.4 is 5.32 Å². The van der Waals surface area contributed by atoms with E-state index in [-0.39, 0.29) is 10.8 Å². The smallest absolute Gasteiger partial charge is 0.251 e. The van der Waals surface area contributed by atoms with Crippen LogP contribution in [0.1, 0.15) is 40.2 Å². The summed E-state index contributed by atoms with van der Waals surface area (Å²) in [7, 11) is -3.58. The minimum absolute atomic E-state index is 0.225. The van der Waals surface area contributed by atoms with Crippen LogP contribution in [0, 0.1) is 6.92 Å². The van der Waals surface area contributed by atoms with E-state index in [2.05, 4.69) is 10.3 Å². The molecule has 0 spiro atoms. The molecule has 1 saturated heterocycles. The van der Waals surface area contributed by atoms with Gasteiger partial charge in [0, 0.05) is 31.6 Å². The molecule has 1 aliphatic rings. The highest BCUT2D eigenvalue weighted by Gasteiger charge is 2.28. The summed E-state index contributed by atoms with van der Waals surface area (Å²) in [6.07, 6.45) is 3.45. The van der Waals surface area contributed by atoms with E-state index in [0.717, 1.165) is 34.5 Å². The zero-order chi connectivity index (χ0) is 21.1. The molecule has 158 valence electrons. The fourth-order valence-electron chi connectivity index (χ4n) is 3.68. The molecule has 0 atom stereocenters. The van der Waals surface area contributed by atoms with Crippen LogP contribution in [0.5, 0.6) is 0 Å². The Morgan fingerprint density at radius 1 is 1.13 bits per heavy atom. The summed E-state index contributed by atoms with van der Waals surface area (Å²) < 4.78 is 28.8. The number of aryl methyl sites for hydroxylation is 1. The maximum atomic E-state index is 13.1. The Kier molecular flexibility index (Phi) is 6.17. The van der Waals surface area contributed by atoms with Gasteiger partial charge in [-0.2, -0.15) is 4.31 Å². The van der Waals surface area contributed by atoms with E-state index < -0.39 is 10.0 Å². The second-order valence-corrected chi connectivity index (χ2v) is 10.5. The Balaban J connectivity index is 1.44.